The molecule has 9 heteroatoms. The van der Waals surface area contributed by atoms with Crippen LogP contribution in [-0.4, -0.2) is 37.8 Å². The molecular formula is C20H22ClFN4O3. The molecular weight excluding hydrogens is 399 g/mol. The highest BCUT2D eigenvalue weighted by atomic mass is 35.5. The number of hydrogen-bond acceptors (Lipinski definition) is 4. The Labute approximate surface area is 172 Å². The van der Waals surface area contributed by atoms with Crippen LogP contribution < -0.4 is 5.73 Å². The smallest absolute Gasteiger partial charge is 0.411 e. The Morgan fingerprint density at radius 3 is 2.55 bits per heavy atom. The van der Waals surface area contributed by atoms with Crippen molar-refractivity contribution in [3.05, 3.63) is 40.3 Å². The molecule has 7 nitrogen and oxygen atoms in total. The number of aromatic nitrogens is 2. The zero-order valence-corrected chi connectivity index (χ0v) is 17.2. The topological polar surface area (TPSA) is 90.4 Å². The lowest BCUT2D eigenvalue weighted by atomic mass is 10.0. The third-order valence-electron chi connectivity index (χ3n) is 5.26. The summed E-state index contributed by atoms with van der Waals surface area (Å²) in [7, 11) is 0. The quantitative estimate of drug-likeness (QED) is 0.801. The fourth-order valence-electron chi connectivity index (χ4n) is 3.72. The normalized spacial score (nSPS) is 17.2. The molecule has 2 N–H and O–H groups in total. The van der Waals surface area contributed by atoms with Gasteiger partial charge in [0.2, 0.25) is 0 Å². The van der Waals surface area contributed by atoms with E-state index in [0.29, 0.717) is 23.5 Å². The molecule has 1 aromatic heterocycles. The van der Waals surface area contributed by atoms with Gasteiger partial charge in [-0.3, -0.25) is 14.4 Å². The highest BCUT2D eigenvalue weighted by Gasteiger charge is 2.55. The largest absolute Gasteiger partial charge is 0.444 e. The van der Waals surface area contributed by atoms with Crippen LogP contribution in [0.3, 0.4) is 0 Å². The number of amides is 2. The fraction of sp³-hybridized carbons (Fsp3) is 0.450. The van der Waals surface area contributed by atoms with Gasteiger partial charge in [0.05, 0.1) is 34.9 Å². The molecule has 0 unspecified atom stereocenters. The van der Waals surface area contributed by atoms with Crippen molar-refractivity contribution in [1.29, 1.82) is 0 Å². The van der Waals surface area contributed by atoms with Crippen LogP contribution in [0.15, 0.2) is 18.2 Å². The van der Waals surface area contributed by atoms with Crippen LogP contribution in [0.1, 0.15) is 49.7 Å². The maximum atomic E-state index is 13.6. The lowest BCUT2D eigenvalue weighted by molar-refractivity contribution is 0.00213. The van der Waals surface area contributed by atoms with E-state index in [0.717, 1.165) is 12.8 Å². The molecule has 0 radical (unpaired) electrons. The molecule has 2 heterocycles. The summed E-state index contributed by atoms with van der Waals surface area (Å²) in [5, 5.41) is 4.50. The predicted octanol–water partition coefficient (Wildman–Crippen LogP) is 3.72. The minimum absolute atomic E-state index is 0.0714. The number of rotatable bonds is 2. The van der Waals surface area contributed by atoms with Crippen molar-refractivity contribution < 1.29 is 18.7 Å². The first-order valence-electron chi connectivity index (χ1n) is 9.36. The number of nitrogens with zero attached hydrogens (tertiary/aromatic N) is 3. The van der Waals surface area contributed by atoms with Crippen molar-refractivity contribution in [1.82, 2.24) is 14.7 Å². The van der Waals surface area contributed by atoms with Gasteiger partial charge < -0.3 is 10.5 Å². The number of ether oxygens (including phenoxy) is 1. The number of nitrogens with two attached hydrogens (primary N) is 1. The fourth-order valence-corrected chi connectivity index (χ4v) is 3.90. The minimum atomic E-state index is -0.669. The summed E-state index contributed by atoms with van der Waals surface area (Å²) in [5.74, 6) is -1.23. The van der Waals surface area contributed by atoms with Crippen LogP contribution in [0, 0.1) is 5.82 Å². The van der Waals surface area contributed by atoms with Gasteiger partial charge in [-0.05, 0) is 51.8 Å². The zero-order valence-electron chi connectivity index (χ0n) is 16.5. The van der Waals surface area contributed by atoms with Gasteiger partial charge in [0.1, 0.15) is 17.1 Å². The van der Waals surface area contributed by atoms with Crippen molar-refractivity contribution >= 4 is 23.6 Å². The summed E-state index contributed by atoms with van der Waals surface area (Å²) in [6.45, 7) is 6.03. The number of primary amides is 1. The monoisotopic (exact) mass is 420 g/mol. The Kier molecular flexibility index (Phi) is 4.38. The molecule has 1 aromatic carbocycles. The van der Waals surface area contributed by atoms with Crippen molar-refractivity contribution in [2.45, 2.75) is 57.8 Å². The zero-order chi connectivity index (χ0) is 21.1. The van der Waals surface area contributed by atoms with Crippen LogP contribution in [0.2, 0.25) is 5.02 Å². The van der Waals surface area contributed by atoms with E-state index in [1.807, 2.05) is 20.8 Å². The van der Waals surface area contributed by atoms with Gasteiger partial charge in [-0.25, -0.2) is 9.18 Å². The van der Waals surface area contributed by atoms with Crippen LogP contribution in [-0.2, 0) is 17.8 Å². The molecule has 154 valence electrons. The van der Waals surface area contributed by atoms with E-state index in [1.54, 1.807) is 9.58 Å². The molecule has 2 aliphatic rings. The van der Waals surface area contributed by atoms with Crippen molar-refractivity contribution in [2.75, 3.05) is 0 Å². The SMILES string of the molecule is CC(C)(C)OC(=O)N1Cc2c(C(N)=O)c(-c3ccc(F)c(Cl)c3)nn2CC12CC2. The third-order valence-corrected chi connectivity index (χ3v) is 5.55. The second-order valence-electron chi connectivity index (χ2n) is 8.61. The van der Waals surface area contributed by atoms with E-state index >= 15 is 0 Å². The summed E-state index contributed by atoms with van der Waals surface area (Å²) in [4.78, 5) is 26.8. The number of hydrogen-bond donors (Lipinski definition) is 1. The Hall–Kier alpha value is -2.61. The van der Waals surface area contributed by atoms with E-state index in [9.17, 15) is 14.0 Å². The molecule has 0 bridgehead atoms. The summed E-state index contributed by atoms with van der Waals surface area (Å²) >= 11 is 5.91. The van der Waals surface area contributed by atoms with Gasteiger partial charge in [-0.15, -0.1) is 0 Å². The Bertz CT molecular complexity index is 1020. The Morgan fingerprint density at radius 2 is 2.00 bits per heavy atom. The summed E-state index contributed by atoms with van der Waals surface area (Å²) in [6, 6.07) is 4.13. The van der Waals surface area contributed by atoms with E-state index in [4.69, 9.17) is 22.1 Å². The van der Waals surface area contributed by atoms with E-state index in [1.165, 1.54) is 18.2 Å². The van der Waals surface area contributed by atoms with Gasteiger partial charge in [-0.1, -0.05) is 11.6 Å². The third kappa shape index (κ3) is 3.46. The molecule has 1 saturated carbocycles. The number of fused-ring (bicyclic) bond motifs is 1. The second kappa shape index (κ2) is 6.45. The van der Waals surface area contributed by atoms with E-state index in [2.05, 4.69) is 5.10 Å². The summed E-state index contributed by atoms with van der Waals surface area (Å²) in [6.07, 6.45) is 1.23. The minimum Gasteiger partial charge on any atom is -0.444 e. The number of halogens is 2. The van der Waals surface area contributed by atoms with Crippen LogP contribution in [0.5, 0.6) is 0 Å². The van der Waals surface area contributed by atoms with Crippen molar-refractivity contribution in [3.63, 3.8) is 0 Å². The predicted molar refractivity (Wildman–Crippen MR) is 105 cm³/mol. The summed E-state index contributed by atoms with van der Waals surface area (Å²) < 4.78 is 20.9. The Balaban J connectivity index is 1.78. The van der Waals surface area contributed by atoms with Gasteiger partial charge in [0, 0.05) is 5.56 Å². The maximum Gasteiger partial charge on any atom is 0.411 e. The molecule has 2 aromatic rings. The molecule has 0 atom stereocenters. The van der Waals surface area contributed by atoms with E-state index < -0.39 is 23.4 Å². The molecule has 1 aliphatic carbocycles. The maximum absolute atomic E-state index is 13.6. The lowest BCUT2D eigenvalue weighted by Gasteiger charge is -2.37. The van der Waals surface area contributed by atoms with Crippen molar-refractivity contribution in [2.24, 2.45) is 5.73 Å². The van der Waals surface area contributed by atoms with Crippen LogP contribution in [0.4, 0.5) is 9.18 Å². The first-order valence-corrected chi connectivity index (χ1v) is 9.74. The van der Waals surface area contributed by atoms with Crippen LogP contribution in [0.25, 0.3) is 11.3 Å². The molecule has 1 spiro atoms. The first-order chi connectivity index (χ1) is 13.5. The highest BCUT2D eigenvalue weighted by molar-refractivity contribution is 6.31. The lowest BCUT2D eigenvalue weighted by Crippen LogP contribution is -2.50. The molecule has 4 rings (SSSR count). The van der Waals surface area contributed by atoms with Gasteiger partial charge in [-0.2, -0.15) is 5.10 Å². The Morgan fingerprint density at radius 1 is 1.31 bits per heavy atom. The van der Waals surface area contributed by atoms with Gasteiger partial charge in [0.25, 0.3) is 5.91 Å². The summed E-state index contributed by atoms with van der Waals surface area (Å²) in [5.41, 5.74) is 6.22. The molecule has 1 fully saturated rings. The molecule has 2 amide bonds. The molecule has 29 heavy (non-hydrogen) atoms. The average molecular weight is 421 g/mol. The second-order valence-corrected chi connectivity index (χ2v) is 9.02. The van der Waals surface area contributed by atoms with Crippen LogP contribution >= 0.6 is 11.6 Å². The standard InChI is InChI=1S/C20H22ClFN4O3/c1-19(2,3)29-18(28)25-9-14-15(17(23)27)16(11-4-5-13(22)12(21)8-11)24-26(14)10-20(25)6-7-20/h4-5,8H,6-7,9-10H2,1-3H3,(H2,23,27). The highest BCUT2D eigenvalue weighted by Crippen LogP contribution is 2.48. The van der Waals surface area contributed by atoms with Gasteiger partial charge >= 0.3 is 6.09 Å². The number of carbonyl (C=O) groups is 2. The first kappa shape index (κ1) is 19.7. The number of carbonyl (C=O) groups excluding carboxylic acids is 2. The molecule has 1 aliphatic heterocycles. The van der Waals surface area contributed by atoms with Crippen molar-refractivity contribution in [3.8, 4) is 11.3 Å². The number of benzene rings is 1. The van der Waals surface area contributed by atoms with Gasteiger partial charge in [0.15, 0.2) is 0 Å². The average Bonchev–Trinajstić information content (AvgIpc) is 3.25. The molecule has 0 saturated heterocycles. The van der Waals surface area contributed by atoms with E-state index in [-0.39, 0.29) is 22.7 Å².